The van der Waals surface area contributed by atoms with Gasteiger partial charge in [0.15, 0.2) is 5.78 Å². The Morgan fingerprint density at radius 3 is 2.36 bits per heavy atom. The first-order valence-electron chi connectivity index (χ1n) is 7.51. The molecule has 6 heteroatoms. The van der Waals surface area contributed by atoms with Gasteiger partial charge in [-0.25, -0.2) is 4.90 Å². The molecule has 2 amide bonds. The third kappa shape index (κ3) is 2.72. The Bertz CT molecular complexity index is 962. The van der Waals surface area contributed by atoms with Crippen LogP contribution < -0.4 is 4.90 Å². The van der Waals surface area contributed by atoms with E-state index in [2.05, 4.69) is 0 Å². The molecule has 0 saturated carbocycles. The van der Waals surface area contributed by atoms with Gasteiger partial charge in [0.25, 0.3) is 5.91 Å². The number of hydrogen-bond acceptors (Lipinski definition) is 4. The first-order valence-corrected chi connectivity index (χ1v) is 7.89. The average Bonchev–Trinajstić information content (AvgIpc) is 2.85. The molecule has 2 aromatic carbocycles. The summed E-state index contributed by atoms with van der Waals surface area (Å²) in [6, 6.07) is 11.1. The van der Waals surface area contributed by atoms with Crippen LogP contribution in [0.15, 0.2) is 42.5 Å². The predicted octanol–water partition coefficient (Wildman–Crippen LogP) is 3.86. The number of aliphatic hydroxyl groups excluding tert-OH is 1. The third-order valence-corrected chi connectivity index (χ3v) is 4.34. The van der Waals surface area contributed by atoms with Crippen LogP contribution in [0.4, 0.5) is 5.69 Å². The Morgan fingerprint density at radius 2 is 1.76 bits per heavy atom. The molecule has 1 N–H and O–H groups in total. The fraction of sp³-hybridized carbons (Fsp3) is 0.105. The molecule has 1 heterocycles. The normalized spacial score (nSPS) is 15.2. The van der Waals surface area contributed by atoms with Gasteiger partial charge in [0.1, 0.15) is 5.76 Å². The molecule has 25 heavy (non-hydrogen) atoms. The van der Waals surface area contributed by atoms with E-state index in [1.807, 2.05) is 0 Å². The number of hydrogen-bond donors (Lipinski definition) is 1. The lowest BCUT2D eigenvalue weighted by Crippen LogP contribution is -2.31. The van der Waals surface area contributed by atoms with Crippen molar-refractivity contribution in [1.82, 2.24) is 0 Å². The molecule has 0 fully saturated rings. The van der Waals surface area contributed by atoms with E-state index >= 15 is 0 Å². The highest BCUT2D eigenvalue weighted by molar-refractivity contribution is 6.43. The van der Waals surface area contributed by atoms with Gasteiger partial charge in [0.2, 0.25) is 5.91 Å². The summed E-state index contributed by atoms with van der Waals surface area (Å²) >= 11 is 6.11. The number of anilines is 1. The van der Waals surface area contributed by atoms with E-state index in [9.17, 15) is 19.5 Å². The van der Waals surface area contributed by atoms with Gasteiger partial charge in [-0.1, -0.05) is 23.7 Å². The van der Waals surface area contributed by atoms with E-state index in [4.69, 9.17) is 11.6 Å². The number of carbonyl (C=O) groups excluding carboxylic acids is 3. The maximum absolute atomic E-state index is 12.8. The minimum atomic E-state index is -0.652. The van der Waals surface area contributed by atoms with Gasteiger partial charge in [-0.05, 0) is 37.3 Å². The van der Waals surface area contributed by atoms with Crippen LogP contribution in [0.5, 0.6) is 0 Å². The number of imide groups is 1. The van der Waals surface area contributed by atoms with E-state index in [0.717, 1.165) is 4.90 Å². The van der Waals surface area contributed by atoms with Crippen LogP contribution >= 0.6 is 11.6 Å². The van der Waals surface area contributed by atoms with Gasteiger partial charge >= 0.3 is 0 Å². The zero-order valence-corrected chi connectivity index (χ0v) is 14.3. The van der Waals surface area contributed by atoms with Crippen molar-refractivity contribution in [1.29, 1.82) is 0 Å². The summed E-state index contributed by atoms with van der Waals surface area (Å²) in [6.07, 6.45) is 0. The molecule has 2 aromatic rings. The topological polar surface area (TPSA) is 74.7 Å². The van der Waals surface area contributed by atoms with Crippen LogP contribution in [0.2, 0.25) is 5.02 Å². The lowest BCUT2D eigenvalue weighted by atomic mass is 9.99. The third-order valence-electron chi connectivity index (χ3n) is 4.01. The van der Waals surface area contributed by atoms with Crippen molar-refractivity contribution in [2.75, 3.05) is 4.90 Å². The molecule has 0 aromatic heterocycles. The highest BCUT2D eigenvalue weighted by Crippen LogP contribution is 2.41. The lowest BCUT2D eigenvalue weighted by Gasteiger charge is -2.12. The van der Waals surface area contributed by atoms with Gasteiger partial charge in [-0.3, -0.25) is 14.4 Å². The molecule has 0 spiro atoms. The van der Waals surface area contributed by atoms with Crippen molar-refractivity contribution in [2.24, 2.45) is 0 Å². The number of amides is 2. The Kier molecular flexibility index (Phi) is 4.18. The number of Topliss-reactive ketones (excluding diaryl/α,β-unsaturated/α-hetero) is 1. The summed E-state index contributed by atoms with van der Waals surface area (Å²) in [7, 11) is 0. The smallest absolute Gasteiger partial charge is 0.269 e. The van der Waals surface area contributed by atoms with Crippen molar-refractivity contribution in [3.05, 3.63) is 64.2 Å². The summed E-state index contributed by atoms with van der Waals surface area (Å²) in [5.41, 5.74) is 1.25. The molecule has 0 unspecified atom stereocenters. The predicted molar refractivity (Wildman–Crippen MR) is 95.5 cm³/mol. The van der Waals surface area contributed by atoms with E-state index in [-0.39, 0.29) is 27.7 Å². The minimum absolute atomic E-state index is 0.0543. The molecule has 0 atom stereocenters. The lowest BCUT2D eigenvalue weighted by molar-refractivity contribution is -0.122. The molecule has 0 bridgehead atoms. The molecule has 0 aliphatic carbocycles. The number of nitrogens with zero attached hydrogens (tertiary/aromatic N) is 1. The quantitative estimate of drug-likeness (QED) is 0.504. The number of halogens is 1. The SMILES string of the molecule is CC(=O)c1ccc2c(c1)/C(=C(/O)c1ccccc1Cl)C(=O)N2C(C)=O. The molecule has 1 aliphatic rings. The maximum atomic E-state index is 12.8. The van der Waals surface area contributed by atoms with Gasteiger partial charge < -0.3 is 5.11 Å². The molecule has 0 radical (unpaired) electrons. The number of fused-ring (bicyclic) bond motifs is 1. The summed E-state index contributed by atoms with van der Waals surface area (Å²) < 4.78 is 0. The standard InChI is InChI=1S/C19H14ClNO4/c1-10(22)12-7-8-16-14(9-12)17(19(25)21(16)11(2)23)18(24)13-5-3-4-6-15(13)20/h3-9,24H,1-2H3/b18-17-. The van der Waals surface area contributed by atoms with E-state index in [1.165, 1.54) is 26.0 Å². The summed E-state index contributed by atoms with van der Waals surface area (Å²) in [5, 5.41) is 11.0. The Balaban J connectivity index is 2.32. The van der Waals surface area contributed by atoms with E-state index < -0.39 is 11.8 Å². The zero-order chi connectivity index (χ0) is 18.3. The number of rotatable bonds is 2. The second-order valence-corrected chi connectivity index (χ2v) is 6.06. The number of benzene rings is 2. The molecular formula is C19H14ClNO4. The number of ketones is 1. The van der Waals surface area contributed by atoms with Crippen molar-refractivity contribution in [3.8, 4) is 0 Å². The maximum Gasteiger partial charge on any atom is 0.269 e. The van der Waals surface area contributed by atoms with Crippen molar-refractivity contribution in [3.63, 3.8) is 0 Å². The second-order valence-electron chi connectivity index (χ2n) is 5.65. The average molecular weight is 356 g/mol. The van der Waals surface area contributed by atoms with Crippen LogP contribution in [0, 0.1) is 0 Å². The minimum Gasteiger partial charge on any atom is -0.506 e. The van der Waals surface area contributed by atoms with Crippen molar-refractivity contribution in [2.45, 2.75) is 13.8 Å². The Morgan fingerprint density at radius 1 is 1.08 bits per heavy atom. The Labute approximate surface area is 149 Å². The fourth-order valence-electron chi connectivity index (χ4n) is 2.82. The number of carbonyl (C=O) groups is 3. The number of aliphatic hydroxyl groups is 1. The van der Waals surface area contributed by atoms with Crippen LogP contribution in [-0.4, -0.2) is 22.7 Å². The largest absolute Gasteiger partial charge is 0.506 e. The van der Waals surface area contributed by atoms with Crippen LogP contribution in [0.25, 0.3) is 11.3 Å². The molecule has 3 rings (SSSR count). The van der Waals surface area contributed by atoms with Gasteiger partial charge in [-0.2, -0.15) is 0 Å². The Hall–Kier alpha value is -2.92. The van der Waals surface area contributed by atoms with Gasteiger partial charge in [0.05, 0.1) is 16.3 Å². The monoisotopic (exact) mass is 355 g/mol. The summed E-state index contributed by atoms with van der Waals surface area (Å²) in [5.74, 6) is -1.65. The second kappa shape index (κ2) is 6.18. The summed E-state index contributed by atoms with van der Waals surface area (Å²) in [4.78, 5) is 37.3. The molecule has 126 valence electrons. The summed E-state index contributed by atoms with van der Waals surface area (Å²) in [6.45, 7) is 2.66. The van der Waals surface area contributed by atoms with Crippen LogP contribution in [0.3, 0.4) is 0 Å². The first-order chi connectivity index (χ1) is 11.8. The zero-order valence-electron chi connectivity index (χ0n) is 13.5. The first kappa shape index (κ1) is 16.9. The molecule has 5 nitrogen and oxygen atoms in total. The van der Waals surface area contributed by atoms with Gasteiger partial charge in [-0.15, -0.1) is 0 Å². The highest BCUT2D eigenvalue weighted by Gasteiger charge is 2.38. The molecule has 0 saturated heterocycles. The van der Waals surface area contributed by atoms with Crippen molar-refractivity contribution >= 4 is 46.2 Å². The molecule has 1 aliphatic heterocycles. The highest BCUT2D eigenvalue weighted by atomic mass is 35.5. The van der Waals surface area contributed by atoms with Crippen molar-refractivity contribution < 1.29 is 19.5 Å². The molecular weight excluding hydrogens is 342 g/mol. The van der Waals surface area contributed by atoms with Crippen LogP contribution in [-0.2, 0) is 9.59 Å². The fourth-order valence-corrected chi connectivity index (χ4v) is 3.04. The van der Waals surface area contributed by atoms with Crippen LogP contribution in [0.1, 0.15) is 35.3 Å². The van der Waals surface area contributed by atoms with E-state index in [1.54, 1.807) is 30.3 Å². The van der Waals surface area contributed by atoms with E-state index in [0.29, 0.717) is 16.8 Å². The van der Waals surface area contributed by atoms with Gasteiger partial charge in [0, 0.05) is 23.6 Å².